The molecule has 0 saturated heterocycles. The normalized spacial score (nSPS) is 11.8. The molecule has 2 aromatic carbocycles. The van der Waals surface area contributed by atoms with Crippen molar-refractivity contribution in [1.29, 1.82) is 0 Å². The van der Waals surface area contributed by atoms with Gasteiger partial charge in [-0.2, -0.15) is 5.10 Å². The number of aromatic hydroxyl groups is 1. The van der Waals surface area contributed by atoms with Gasteiger partial charge in [0.15, 0.2) is 0 Å². The Morgan fingerprint density at radius 3 is 2.31 bits per heavy atom. The van der Waals surface area contributed by atoms with Gasteiger partial charge in [0.05, 0.1) is 11.7 Å². The van der Waals surface area contributed by atoms with Gasteiger partial charge in [0.2, 0.25) is 0 Å². The van der Waals surface area contributed by atoms with E-state index < -0.39 is 0 Å². The molecule has 4 rings (SSSR count). The summed E-state index contributed by atoms with van der Waals surface area (Å²) in [5.41, 5.74) is 4.87. The van der Waals surface area contributed by atoms with Gasteiger partial charge in [-0.05, 0) is 60.5 Å². The molecule has 1 amide bonds. The maximum Gasteiger partial charge on any atom is 0.270 e. The third kappa shape index (κ3) is 4.16. The lowest BCUT2D eigenvalue weighted by Gasteiger charge is -2.19. The standard InChI is InChI=1S/C23H20N4O2/c1-15-2-4-17(5-3-15)22(18-10-12-24-13-11-18)25-23(29)21-14-20(26-27-21)16-6-8-19(28)9-7-16/h2-14,22,28H,1H3,(H,25,29)(H,26,27)/t22-/m1/s1. The molecule has 144 valence electrons. The lowest BCUT2D eigenvalue weighted by Crippen LogP contribution is -2.29. The number of aromatic amines is 1. The smallest absolute Gasteiger partial charge is 0.270 e. The van der Waals surface area contributed by atoms with Crippen LogP contribution >= 0.6 is 0 Å². The van der Waals surface area contributed by atoms with E-state index >= 15 is 0 Å². The van der Waals surface area contributed by atoms with E-state index in [1.807, 2.05) is 43.3 Å². The molecular weight excluding hydrogens is 364 g/mol. The van der Waals surface area contributed by atoms with Crippen LogP contribution in [-0.4, -0.2) is 26.2 Å². The van der Waals surface area contributed by atoms with Crippen molar-refractivity contribution in [1.82, 2.24) is 20.5 Å². The Morgan fingerprint density at radius 2 is 1.62 bits per heavy atom. The second-order valence-electron chi connectivity index (χ2n) is 6.81. The molecular formula is C23H20N4O2. The number of nitrogens with zero attached hydrogens (tertiary/aromatic N) is 2. The molecule has 0 aliphatic heterocycles. The Balaban J connectivity index is 1.60. The number of phenols is 1. The van der Waals surface area contributed by atoms with E-state index in [0.717, 1.165) is 22.3 Å². The van der Waals surface area contributed by atoms with Crippen LogP contribution in [0.25, 0.3) is 11.3 Å². The summed E-state index contributed by atoms with van der Waals surface area (Å²) in [4.78, 5) is 17.0. The summed E-state index contributed by atoms with van der Waals surface area (Å²) >= 11 is 0. The van der Waals surface area contributed by atoms with E-state index in [9.17, 15) is 9.90 Å². The highest BCUT2D eigenvalue weighted by Gasteiger charge is 2.19. The van der Waals surface area contributed by atoms with Gasteiger partial charge in [-0.1, -0.05) is 29.8 Å². The Hall–Kier alpha value is -3.93. The molecule has 0 unspecified atom stereocenters. The molecule has 6 nitrogen and oxygen atoms in total. The quantitative estimate of drug-likeness (QED) is 0.485. The van der Waals surface area contributed by atoms with Crippen molar-refractivity contribution in [2.45, 2.75) is 13.0 Å². The number of H-pyrrole nitrogens is 1. The van der Waals surface area contributed by atoms with Gasteiger partial charge in [0.25, 0.3) is 5.91 Å². The Bertz CT molecular complexity index is 1100. The summed E-state index contributed by atoms with van der Waals surface area (Å²) in [6.45, 7) is 2.03. The Morgan fingerprint density at radius 1 is 0.966 bits per heavy atom. The van der Waals surface area contributed by atoms with Crippen molar-refractivity contribution in [3.63, 3.8) is 0 Å². The van der Waals surface area contributed by atoms with Crippen LogP contribution in [0, 0.1) is 6.92 Å². The zero-order valence-corrected chi connectivity index (χ0v) is 15.8. The molecule has 0 aliphatic carbocycles. The molecule has 0 radical (unpaired) electrons. The third-order valence-corrected chi connectivity index (χ3v) is 4.71. The molecule has 4 aromatic rings. The summed E-state index contributed by atoms with van der Waals surface area (Å²) in [7, 11) is 0. The first-order valence-corrected chi connectivity index (χ1v) is 9.22. The van der Waals surface area contributed by atoms with E-state index in [0.29, 0.717) is 11.4 Å². The van der Waals surface area contributed by atoms with E-state index in [1.54, 1.807) is 42.7 Å². The van der Waals surface area contributed by atoms with Crippen LogP contribution in [0.1, 0.15) is 33.2 Å². The molecule has 3 N–H and O–H groups in total. The average Bonchev–Trinajstić information content (AvgIpc) is 3.24. The lowest BCUT2D eigenvalue weighted by atomic mass is 9.98. The van der Waals surface area contributed by atoms with Crippen molar-refractivity contribution in [2.75, 3.05) is 0 Å². The number of rotatable bonds is 5. The first-order valence-electron chi connectivity index (χ1n) is 9.22. The SMILES string of the molecule is Cc1ccc([C@@H](NC(=O)c2cc(-c3ccc(O)cc3)n[nH]2)c2ccncc2)cc1. The second-order valence-corrected chi connectivity index (χ2v) is 6.81. The van der Waals surface area contributed by atoms with Crippen LogP contribution in [0.3, 0.4) is 0 Å². The van der Waals surface area contributed by atoms with Gasteiger partial charge in [0.1, 0.15) is 11.4 Å². The molecule has 1 atom stereocenters. The topological polar surface area (TPSA) is 90.9 Å². The largest absolute Gasteiger partial charge is 0.508 e. The zero-order valence-electron chi connectivity index (χ0n) is 15.8. The van der Waals surface area contributed by atoms with Crippen molar-refractivity contribution in [3.05, 3.63) is 102 Å². The summed E-state index contributed by atoms with van der Waals surface area (Å²) in [5.74, 6) is -0.0783. The highest BCUT2D eigenvalue weighted by Crippen LogP contribution is 2.24. The number of hydrogen-bond acceptors (Lipinski definition) is 4. The van der Waals surface area contributed by atoms with Crippen molar-refractivity contribution in [3.8, 4) is 17.0 Å². The minimum absolute atomic E-state index is 0.181. The number of aryl methyl sites for hydroxylation is 1. The average molecular weight is 384 g/mol. The van der Waals surface area contributed by atoms with Crippen LogP contribution in [0.2, 0.25) is 0 Å². The van der Waals surface area contributed by atoms with Gasteiger partial charge in [0, 0.05) is 18.0 Å². The summed E-state index contributed by atoms with van der Waals surface area (Å²) in [6, 6.07) is 19.9. The highest BCUT2D eigenvalue weighted by molar-refractivity contribution is 5.93. The highest BCUT2D eigenvalue weighted by atomic mass is 16.3. The number of pyridine rings is 1. The van der Waals surface area contributed by atoms with Gasteiger partial charge >= 0.3 is 0 Å². The summed E-state index contributed by atoms with van der Waals surface area (Å²) < 4.78 is 0. The first kappa shape index (κ1) is 18.4. The number of amides is 1. The van der Waals surface area contributed by atoms with Crippen LogP contribution in [0.4, 0.5) is 0 Å². The van der Waals surface area contributed by atoms with Crippen LogP contribution in [0.5, 0.6) is 5.75 Å². The zero-order chi connectivity index (χ0) is 20.2. The van der Waals surface area contributed by atoms with E-state index in [4.69, 9.17) is 0 Å². The Labute approximate surface area is 168 Å². The fourth-order valence-corrected chi connectivity index (χ4v) is 3.10. The molecule has 6 heteroatoms. The fourth-order valence-electron chi connectivity index (χ4n) is 3.10. The molecule has 2 heterocycles. The summed E-state index contributed by atoms with van der Waals surface area (Å²) in [5, 5.41) is 19.5. The number of benzene rings is 2. The van der Waals surface area contributed by atoms with Crippen LogP contribution < -0.4 is 5.32 Å². The van der Waals surface area contributed by atoms with Gasteiger partial charge in [-0.15, -0.1) is 0 Å². The number of nitrogens with one attached hydrogen (secondary N) is 2. The van der Waals surface area contributed by atoms with Gasteiger partial charge < -0.3 is 10.4 Å². The van der Waals surface area contributed by atoms with Crippen molar-refractivity contribution in [2.24, 2.45) is 0 Å². The van der Waals surface area contributed by atoms with Gasteiger partial charge in [-0.3, -0.25) is 14.9 Å². The molecule has 29 heavy (non-hydrogen) atoms. The minimum atomic E-state index is -0.313. The molecule has 0 saturated carbocycles. The first-order chi connectivity index (χ1) is 14.1. The van der Waals surface area contributed by atoms with E-state index in [1.165, 1.54) is 0 Å². The van der Waals surface area contributed by atoms with Crippen LogP contribution in [-0.2, 0) is 0 Å². The Kier molecular flexibility index (Phi) is 5.07. The maximum absolute atomic E-state index is 12.9. The summed E-state index contributed by atoms with van der Waals surface area (Å²) in [6.07, 6.45) is 3.42. The number of aromatic nitrogens is 3. The predicted octanol–water partition coefficient (Wildman–Crippen LogP) is 4.01. The number of carbonyl (C=O) groups excluding carboxylic acids is 1. The molecule has 2 aromatic heterocycles. The molecule has 0 aliphatic rings. The molecule has 0 spiro atoms. The number of phenolic OH excluding ortho intramolecular Hbond substituents is 1. The van der Waals surface area contributed by atoms with Crippen LogP contribution in [0.15, 0.2) is 79.1 Å². The number of carbonyl (C=O) groups is 1. The molecule has 0 bridgehead atoms. The lowest BCUT2D eigenvalue weighted by molar-refractivity contribution is 0.0938. The van der Waals surface area contributed by atoms with Crippen molar-refractivity contribution < 1.29 is 9.90 Å². The van der Waals surface area contributed by atoms with Crippen molar-refractivity contribution >= 4 is 5.91 Å². The minimum Gasteiger partial charge on any atom is -0.508 e. The molecule has 0 fully saturated rings. The van der Waals surface area contributed by atoms with E-state index in [-0.39, 0.29) is 17.7 Å². The maximum atomic E-state index is 12.9. The van der Waals surface area contributed by atoms with Gasteiger partial charge in [-0.25, -0.2) is 0 Å². The monoisotopic (exact) mass is 384 g/mol. The fraction of sp³-hybridized carbons (Fsp3) is 0.0870. The second kappa shape index (κ2) is 7.98. The number of hydrogen-bond donors (Lipinski definition) is 3. The third-order valence-electron chi connectivity index (χ3n) is 4.71. The van der Waals surface area contributed by atoms with E-state index in [2.05, 4.69) is 20.5 Å². The predicted molar refractivity (Wildman–Crippen MR) is 110 cm³/mol.